The smallest absolute Gasteiger partial charge is 0.269 e. The molecule has 2 N–H and O–H groups in total. The van der Waals surface area contributed by atoms with Crippen molar-refractivity contribution < 1.29 is 19.1 Å². The van der Waals surface area contributed by atoms with E-state index >= 15 is 0 Å². The summed E-state index contributed by atoms with van der Waals surface area (Å²) in [5, 5.41) is 0. The first kappa shape index (κ1) is 18.3. The molecule has 1 saturated carbocycles. The van der Waals surface area contributed by atoms with Crippen LogP contribution >= 0.6 is 0 Å². The summed E-state index contributed by atoms with van der Waals surface area (Å²) in [5.74, 6) is 0.148. The Bertz CT molecular complexity index is 542. The number of hydrogen-bond acceptors (Lipinski definition) is 4. The average Bonchev–Trinajstić information content (AvgIpc) is 2.64. The topological polar surface area (TPSA) is 76.7 Å². The second kappa shape index (κ2) is 9.93. The molecule has 0 aliphatic heterocycles. The maximum atomic E-state index is 12.2. The van der Waals surface area contributed by atoms with Crippen LogP contribution in [-0.4, -0.2) is 31.6 Å². The highest BCUT2D eigenvalue weighted by Gasteiger charge is 2.21. The lowest BCUT2D eigenvalue weighted by Crippen LogP contribution is -2.44. The van der Waals surface area contributed by atoms with E-state index in [0.29, 0.717) is 31.1 Å². The number of hydrogen-bond donors (Lipinski definition) is 2. The molecule has 0 radical (unpaired) electrons. The Labute approximate surface area is 142 Å². The molecule has 0 spiro atoms. The van der Waals surface area contributed by atoms with E-state index in [4.69, 9.17) is 9.47 Å². The third-order valence-corrected chi connectivity index (χ3v) is 4.07. The number of rotatable bonds is 7. The minimum atomic E-state index is -0.352. The zero-order chi connectivity index (χ0) is 17.2. The van der Waals surface area contributed by atoms with Gasteiger partial charge in [-0.15, -0.1) is 0 Å². The maximum absolute atomic E-state index is 12.2. The first-order valence-corrected chi connectivity index (χ1v) is 8.61. The van der Waals surface area contributed by atoms with E-state index in [9.17, 15) is 9.59 Å². The monoisotopic (exact) mass is 334 g/mol. The maximum Gasteiger partial charge on any atom is 0.269 e. The van der Waals surface area contributed by atoms with Crippen LogP contribution in [0.5, 0.6) is 5.75 Å². The van der Waals surface area contributed by atoms with Crippen molar-refractivity contribution in [2.45, 2.75) is 39.0 Å². The summed E-state index contributed by atoms with van der Waals surface area (Å²) in [6.07, 6.45) is 5.13. The van der Waals surface area contributed by atoms with Gasteiger partial charge in [-0.25, -0.2) is 0 Å². The number of carbonyl (C=O) groups is 2. The predicted molar refractivity (Wildman–Crippen MR) is 90.6 cm³/mol. The Morgan fingerprint density at radius 3 is 2.67 bits per heavy atom. The van der Waals surface area contributed by atoms with Crippen molar-refractivity contribution >= 4 is 11.8 Å². The number of amides is 2. The zero-order valence-corrected chi connectivity index (χ0v) is 14.2. The molecular weight excluding hydrogens is 308 g/mol. The molecule has 1 aromatic carbocycles. The van der Waals surface area contributed by atoms with Gasteiger partial charge in [0, 0.05) is 18.1 Å². The summed E-state index contributed by atoms with van der Waals surface area (Å²) < 4.78 is 10.7. The van der Waals surface area contributed by atoms with E-state index in [2.05, 4.69) is 10.9 Å². The standard InChI is InChI=1S/C18H26N2O4/c1-2-23-11-12-24-16-10-6-9-15(13-16)18(22)20-19-17(21)14-7-4-3-5-8-14/h6,9-10,13-14H,2-5,7-8,11-12H2,1H3,(H,19,21)(H,20,22). The molecule has 0 saturated heterocycles. The van der Waals surface area contributed by atoms with Crippen LogP contribution in [0.2, 0.25) is 0 Å². The van der Waals surface area contributed by atoms with Crippen LogP contribution in [0.15, 0.2) is 24.3 Å². The van der Waals surface area contributed by atoms with Crippen molar-refractivity contribution in [2.75, 3.05) is 19.8 Å². The third-order valence-electron chi connectivity index (χ3n) is 4.07. The third kappa shape index (κ3) is 5.85. The lowest BCUT2D eigenvalue weighted by atomic mass is 9.89. The number of carbonyl (C=O) groups excluding carboxylic acids is 2. The first-order chi connectivity index (χ1) is 11.7. The summed E-state index contributed by atoms with van der Waals surface area (Å²) in [5.41, 5.74) is 5.45. The van der Waals surface area contributed by atoms with Gasteiger partial charge in [-0.1, -0.05) is 25.3 Å². The van der Waals surface area contributed by atoms with Gasteiger partial charge in [0.15, 0.2) is 0 Å². The van der Waals surface area contributed by atoms with Crippen LogP contribution in [0.1, 0.15) is 49.4 Å². The molecule has 2 amide bonds. The van der Waals surface area contributed by atoms with Crippen molar-refractivity contribution in [3.63, 3.8) is 0 Å². The van der Waals surface area contributed by atoms with Gasteiger partial charge in [-0.05, 0) is 38.0 Å². The van der Waals surface area contributed by atoms with Gasteiger partial charge in [0.05, 0.1) is 6.61 Å². The van der Waals surface area contributed by atoms with Crippen LogP contribution in [0.4, 0.5) is 0 Å². The number of hydrazine groups is 1. The van der Waals surface area contributed by atoms with Gasteiger partial charge < -0.3 is 9.47 Å². The molecule has 0 aromatic heterocycles. The molecule has 2 rings (SSSR count). The Balaban J connectivity index is 1.79. The Hall–Kier alpha value is -2.08. The quantitative estimate of drug-likeness (QED) is 0.593. The van der Waals surface area contributed by atoms with E-state index in [-0.39, 0.29) is 17.7 Å². The van der Waals surface area contributed by atoms with Gasteiger partial charge in [-0.2, -0.15) is 0 Å². The van der Waals surface area contributed by atoms with Crippen LogP contribution in [-0.2, 0) is 9.53 Å². The van der Waals surface area contributed by atoms with Crippen molar-refractivity contribution in [2.24, 2.45) is 5.92 Å². The molecule has 1 aliphatic rings. The van der Waals surface area contributed by atoms with Crippen LogP contribution in [0, 0.1) is 5.92 Å². The number of benzene rings is 1. The fraction of sp³-hybridized carbons (Fsp3) is 0.556. The highest BCUT2D eigenvalue weighted by atomic mass is 16.5. The molecule has 1 fully saturated rings. The molecule has 24 heavy (non-hydrogen) atoms. The van der Waals surface area contributed by atoms with Crippen LogP contribution in [0.25, 0.3) is 0 Å². The van der Waals surface area contributed by atoms with Gasteiger partial charge in [-0.3, -0.25) is 20.4 Å². The fourth-order valence-electron chi connectivity index (χ4n) is 2.75. The summed E-state index contributed by atoms with van der Waals surface area (Å²) >= 11 is 0. The van der Waals surface area contributed by atoms with E-state index < -0.39 is 0 Å². The van der Waals surface area contributed by atoms with E-state index in [1.807, 2.05) is 6.92 Å². The molecule has 6 nitrogen and oxygen atoms in total. The van der Waals surface area contributed by atoms with E-state index in [0.717, 1.165) is 25.7 Å². The Morgan fingerprint density at radius 2 is 1.92 bits per heavy atom. The fourth-order valence-corrected chi connectivity index (χ4v) is 2.75. The Kier molecular flexibility index (Phi) is 7.55. The normalized spacial score (nSPS) is 14.9. The summed E-state index contributed by atoms with van der Waals surface area (Å²) in [6, 6.07) is 6.85. The summed E-state index contributed by atoms with van der Waals surface area (Å²) in [4.78, 5) is 24.2. The van der Waals surface area contributed by atoms with Gasteiger partial charge in [0.1, 0.15) is 12.4 Å². The molecule has 132 valence electrons. The molecule has 1 aliphatic carbocycles. The second-order valence-electron chi connectivity index (χ2n) is 5.85. The Morgan fingerprint density at radius 1 is 1.12 bits per heavy atom. The molecule has 0 atom stereocenters. The molecule has 6 heteroatoms. The summed E-state index contributed by atoms with van der Waals surface area (Å²) in [6.45, 7) is 3.50. The molecule has 0 heterocycles. The van der Waals surface area contributed by atoms with Crippen LogP contribution in [0.3, 0.4) is 0 Å². The minimum Gasteiger partial charge on any atom is -0.491 e. The second-order valence-corrected chi connectivity index (χ2v) is 5.85. The molecule has 0 bridgehead atoms. The molecule has 0 unspecified atom stereocenters. The number of nitrogens with one attached hydrogen (secondary N) is 2. The minimum absolute atomic E-state index is 0.00674. The lowest BCUT2D eigenvalue weighted by molar-refractivity contribution is -0.126. The van der Waals surface area contributed by atoms with Crippen molar-refractivity contribution in [1.82, 2.24) is 10.9 Å². The molecular formula is C18H26N2O4. The average molecular weight is 334 g/mol. The SMILES string of the molecule is CCOCCOc1cccc(C(=O)NNC(=O)C2CCCCC2)c1. The van der Waals surface area contributed by atoms with Gasteiger partial charge >= 0.3 is 0 Å². The molecule has 1 aromatic rings. The zero-order valence-electron chi connectivity index (χ0n) is 14.2. The largest absolute Gasteiger partial charge is 0.491 e. The van der Waals surface area contributed by atoms with Gasteiger partial charge in [0.25, 0.3) is 5.91 Å². The van der Waals surface area contributed by atoms with E-state index in [1.54, 1.807) is 24.3 Å². The lowest BCUT2D eigenvalue weighted by Gasteiger charge is -2.20. The van der Waals surface area contributed by atoms with Crippen molar-refractivity contribution in [3.8, 4) is 5.75 Å². The predicted octanol–water partition coefficient (Wildman–Crippen LogP) is 2.44. The van der Waals surface area contributed by atoms with E-state index in [1.165, 1.54) is 6.42 Å². The summed E-state index contributed by atoms with van der Waals surface area (Å²) in [7, 11) is 0. The van der Waals surface area contributed by atoms with Crippen molar-refractivity contribution in [1.29, 1.82) is 0 Å². The number of ether oxygens (including phenoxy) is 2. The highest BCUT2D eigenvalue weighted by molar-refractivity contribution is 5.95. The van der Waals surface area contributed by atoms with Gasteiger partial charge in [0.2, 0.25) is 5.91 Å². The highest BCUT2D eigenvalue weighted by Crippen LogP contribution is 2.23. The first-order valence-electron chi connectivity index (χ1n) is 8.61. The van der Waals surface area contributed by atoms with Crippen LogP contribution < -0.4 is 15.6 Å². The van der Waals surface area contributed by atoms with Crippen molar-refractivity contribution in [3.05, 3.63) is 29.8 Å².